The summed E-state index contributed by atoms with van der Waals surface area (Å²) >= 11 is 5.71. The maximum Gasteiger partial charge on any atom is 0.310 e. The zero-order chi connectivity index (χ0) is 15.6. The Morgan fingerprint density at radius 1 is 1.48 bits per heavy atom. The van der Waals surface area contributed by atoms with E-state index in [2.05, 4.69) is 4.74 Å². The Balaban J connectivity index is 2.16. The predicted octanol–water partition coefficient (Wildman–Crippen LogP) is 1.88. The molecule has 1 heterocycles. The van der Waals surface area contributed by atoms with Crippen LogP contribution in [0.25, 0.3) is 0 Å². The van der Waals surface area contributed by atoms with Crippen molar-refractivity contribution in [3.8, 4) is 0 Å². The van der Waals surface area contributed by atoms with Crippen molar-refractivity contribution in [1.29, 1.82) is 0 Å². The number of carbonyl (C=O) groups is 2. The van der Waals surface area contributed by atoms with Gasteiger partial charge in [0.15, 0.2) is 0 Å². The van der Waals surface area contributed by atoms with Crippen molar-refractivity contribution < 1.29 is 19.2 Å². The van der Waals surface area contributed by atoms with Crippen LogP contribution in [0, 0.1) is 16.0 Å². The van der Waals surface area contributed by atoms with Crippen molar-refractivity contribution in [2.45, 2.75) is 6.42 Å². The minimum atomic E-state index is -0.639. The first-order valence-electron chi connectivity index (χ1n) is 6.25. The van der Waals surface area contributed by atoms with Crippen LogP contribution in [0.15, 0.2) is 18.2 Å². The SMILES string of the molecule is COC(=O)C1CCN(C(=O)c2ccc(Cl)c([N+](=O)[O-])c2)C1. The monoisotopic (exact) mass is 312 g/mol. The summed E-state index contributed by atoms with van der Waals surface area (Å²) in [6.45, 7) is 0.664. The van der Waals surface area contributed by atoms with E-state index in [1.54, 1.807) is 0 Å². The van der Waals surface area contributed by atoms with E-state index in [1.807, 2.05) is 0 Å². The second-order valence-electron chi connectivity index (χ2n) is 4.68. The lowest BCUT2D eigenvalue weighted by Gasteiger charge is -2.16. The molecule has 1 aromatic rings. The smallest absolute Gasteiger partial charge is 0.310 e. The quantitative estimate of drug-likeness (QED) is 0.483. The minimum absolute atomic E-state index is 0.0228. The molecule has 112 valence electrons. The molecule has 1 aliphatic heterocycles. The van der Waals surface area contributed by atoms with Gasteiger partial charge in [0.2, 0.25) is 0 Å². The summed E-state index contributed by atoms with van der Waals surface area (Å²) in [6, 6.07) is 3.90. The molecule has 0 radical (unpaired) electrons. The second kappa shape index (κ2) is 6.09. The first-order chi connectivity index (χ1) is 9.93. The highest BCUT2D eigenvalue weighted by Crippen LogP contribution is 2.27. The molecule has 8 heteroatoms. The van der Waals surface area contributed by atoms with E-state index in [9.17, 15) is 19.7 Å². The number of ether oxygens (including phenoxy) is 1. The molecule has 0 N–H and O–H groups in total. The molecule has 0 spiro atoms. The zero-order valence-electron chi connectivity index (χ0n) is 11.2. The number of halogens is 1. The molecule has 7 nitrogen and oxygen atoms in total. The summed E-state index contributed by atoms with van der Waals surface area (Å²) in [4.78, 5) is 35.4. The number of esters is 1. The van der Waals surface area contributed by atoms with Crippen LogP contribution in [-0.4, -0.2) is 41.9 Å². The summed E-state index contributed by atoms with van der Waals surface area (Å²) in [7, 11) is 1.30. The highest BCUT2D eigenvalue weighted by molar-refractivity contribution is 6.32. The molecule has 1 aliphatic rings. The van der Waals surface area contributed by atoms with Crippen molar-refractivity contribution in [2.24, 2.45) is 5.92 Å². The molecule has 1 amide bonds. The molecular weight excluding hydrogens is 300 g/mol. The van der Waals surface area contributed by atoms with E-state index in [1.165, 1.54) is 24.1 Å². The van der Waals surface area contributed by atoms with E-state index >= 15 is 0 Å². The van der Waals surface area contributed by atoms with E-state index in [4.69, 9.17) is 11.6 Å². The lowest BCUT2D eigenvalue weighted by atomic mass is 10.1. The number of methoxy groups -OCH3 is 1. The Hall–Kier alpha value is -2.15. The number of benzene rings is 1. The number of amides is 1. The number of carbonyl (C=O) groups excluding carboxylic acids is 2. The predicted molar refractivity (Wildman–Crippen MR) is 74.1 cm³/mol. The molecular formula is C13H13ClN2O5. The van der Waals surface area contributed by atoms with Gasteiger partial charge >= 0.3 is 5.97 Å². The fourth-order valence-corrected chi connectivity index (χ4v) is 2.46. The first-order valence-corrected chi connectivity index (χ1v) is 6.63. The number of hydrogen-bond acceptors (Lipinski definition) is 5. The summed E-state index contributed by atoms with van der Waals surface area (Å²) in [5.41, 5.74) is -0.136. The van der Waals surface area contributed by atoms with E-state index in [0.29, 0.717) is 13.0 Å². The van der Waals surface area contributed by atoms with Gasteiger partial charge in [-0.2, -0.15) is 0 Å². The minimum Gasteiger partial charge on any atom is -0.469 e. The van der Waals surface area contributed by atoms with Crippen LogP contribution in [-0.2, 0) is 9.53 Å². The third-order valence-corrected chi connectivity index (χ3v) is 3.72. The van der Waals surface area contributed by atoms with Gasteiger partial charge in [-0.25, -0.2) is 0 Å². The number of nitro benzene ring substituents is 1. The molecule has 1 aromatic carbocycles. The Morgan fingerprint density at radius 2 is 2.19 bits per heavy atom. The standard InChI is InChI=1S/C13H13ClN2O5/c1-21-13(18)9-4-5-15(7-9)12(17)8-2-3-10(14)11(6-8)16(19)20/h2-3,6,9H,4-5,7H2,1H3. The van der Waals surface area contributed by atoms with Crippen LogP contribution < -0.4 is 0 Å². The van der Waals surface area contributed by atoms with Crippen LogP contribution >= 0.6 is 11.6 Å². The van der Waals surface area contributed by atoms with Crippen molar-refractivity contribution >= 4 is 29.2 Å². The topological polar surface area (TPSA) is 89.8 Å². The Bertz CT molecular complexity index is 604. The summed E-state index contributed by atoms with van der Waals surface area (Å²) < 4.78 is 4.65. The molecule has 1 atom stereocenters. The van der Waals surface area contributed by atoms with Crippen LogP contribution in [0.3, 0.4) is 0 Å². The molecule has 1 fully saturated rings. The molecule has 1 unspecified atom stereocenters. The number of nitrogens with zero attached hydrogens (tertiary/aromatic N) is 2. The van der Waals surface area contributed by atoms with Gasteiger partial charge in [-0.1, -0.05) is 11.6 Å². The first kappa shape index (κ1) is 15.2. The highest BCUT2D eigenvalue weighted by Gasteiger charge is 2.32. The van der Waals surface area contributed by atoms with Gasteiger partial charge in [0.05, 0.1) is 18.0 Å². The van der Waals surface area contributed by atoms with E-state index in [-0.39, 0.29) is 40.6 Å². The molecule has 2 rings (SSSR count). The third-order valence-electron chi connectivity index (χ3n) is 3.40. The van der Waals surface area contributed by atoms with Crippen LogP contribution in [0.2, 0.25) is 5.02 Å². The van der Waals surface area contributed by atoms with Crippen molar-refractivity contribution in [3.63, 3.8) is 0 Å². The number of rotatable bonds is 3. The van der Waals surface area contributed by atoms with Gasteiger partial charge in [0.25, 0.3) is 11.6 Å². The Kier molecular flexibility index (Phi) is 4.42. The van der Waals surface area contributed by atoms with Gasteiger partial charge in [0, 0.05) is 24.7 Å². The van der Waals surface area contributed by atoms with Gasteiger partial charge < -0.3 is 9.64 Å². The highest BCUT2D eigenvalue weighted by atomic mass is 35.5. The van der Waals surface area contributed by atoms with Crippen LogP contribution in [0.1, 0.15) is 16.8 Å². The molecule has 0 aromatic heterocycles. The normalized spacial score (nSPS) is 17.6. The summed E-state index contributed by atoms with van der Waals surface area (Å²) in [5.74, 6) is -1.06. The summed E-state index contributed by atoms with van der Waals surface area (Å²) in [5, 5.41) is 10.8. The maximum atomic E-state index is 12.3. The van der Waals surface area contributed by atoms with Gasteiger partial charge in [0.1, 0.15) is 5.02 Å². The average molecular weight is 313 g/mol. The fourth-order valence-electron chi connectivity index (χ4n) is 2.27. The average Bonchev–Trinajstić information content (AvgIpc) is 2.95. The lowest BCUT2D eigenvalue weighted by molar-refractivity contribution is -0.384. The van der Waals surface area contributed by atoms with Crippen LogP contribution in [0.5, 0.6) is 0 Å². The van der Waals surface area contributed by atoms with Gasteiger partial charge in [-0.15, -0.1) is 0 Å². The van der Waals surface area contributed by atoms with E-state index < -0.39 is 4.92 Å². The van der Waals surface area contributed by atoms with Crippen molar-refractivity contribution in [3.05, 3.63) is 38.9 Å². The number of nitro groups is 1. The van der Waals surface area contributed by atoms with Crippen molar-refractivity contribution in [2.75, 3.05) is 20.2 Å². The Morgan fingerprint density at radius 3 is 2.81 bits per heavy atom. The number of hydrogen-bond donors (Lipinski definition) is 0. The molecule has 0 saturated carbocycles. The second-order valence-corrected chi connectivity index (χ2v) is 5.09. The number of likely N-dealkylation sites (tertiary alicyclic amines) is 1. The van der Waals surface area contributed by atoms with Gasteiger partial charge in [-0.3, -0.25) is 19.7 Å². The third kappa shape index (κ3) is 3.13. The molecule has 0 aliphatic carbocycles. The largest absolute Gasteiger partial charge is 0.469 e. The maximum absolute atomic E-state index is 12.3. The zero-order valence-corrected chi connectivity index (χ0v) is 12.0. The van der Waals surface area contributed by atoms with E-state index in [0.717, 1.165) is 6.07 Å². The molecule has 1 saturated heterocycles. The van der Waals surface area contributed by atoms with Crippen molar-refractivity contribution in [1.82, 2.24) is 4.90 Å². The fraction of sp³-hybridized carbons (Fsp3) is 0.385. The lowest BCUT2D eigenvalue weighted by Crippen LogP contribution is -2.30. The Labute approximate surface area is 125 Å². The van der Waals surface area contributed by atoms with Gasteiger partial charge in [-0.05, 0) is 18.6 Å². The van der Waals surface area contributed by atoms with Crippen LogP contribution in [0.4, 0.5) is 5.69 Å². The summed E-state index contributed by atoms with van der Waals surface area (Å²) in [6.07, 6.45) is 0.522. The molecule has 0 bridgehead atoms. The molecule has 21 heavy (non-hydrogen) atoms.